The molecule has 0 aliphatic rings. The molecule has 0 amide bonds. The van der Waals surface area contributed by atoms with Gasteiger partial charge in [-0.15, -0.1) is 0 Å². The highest BCUT2D eigenvalue weighted by molar-refractivity contribution is 6.00. The molecule has 16 heavy (non-hydrogen) atoms. The number of carbonyl (C=O) groups excluding carboxylic acids is 2. The first-order chi connectivity index (χ1) is 7.51. The van der Waals surface area contributed by atoms with Crippen molar-refractivity contribution < 1.29 is 9.59 Å². The molecular formula is C14H26O2. The predicted octanol–water partition coefficient (Wildman–Crippen LogP) is 3.78. The number of ketones is 2. The van der Waals surface area contributed by atoms with Gasteiger partial charge in [0.1, 0.15) is 11.6 Å². The smallest absolute Gasteiger partial charge is 0.143 e. The summed E-state index contributed by atoms with van der Waals surface area (Å²) in [7, 11) is 0. The van der Waals surface area contributed by atoms with Crippen molar-refractivity contribution in [3.63, 3.8) is 0 Å². The van der Waals surface area contributed by atoms with E-state index in [2.05, 4.69) is 6.92 Å². The number of hydrogen-bond acceptors (Lipinski definition) is 2. The first kappa shape index (κ1) is 15.3. The van der Waals surface area contributed by atoms with Crippen molar-refractivity contribution >= 4 is 11.6 Å². The molecule has 2 nitrogen and oxygen atoms in total. The highest BCUT2D eigenvalue weighted by atomic mass is 16.1. The lowest BCUT2D eigenvalue weighted by atomic mass is 9.90. The summed E-state index contributed by atoms with van der Waals surface area (Å²) in [6.07, 6.45) is 4.71. The van der Waals surface area contributed by atoms with E-state index in [4.69, 9.17) is 0 Å². The Kier molecular flexibility index (Phi) is 8.14. The Morgan fingerprint density at radius 1 is 1.12 bits per heavy atom. The summed E-state index contributed by atoms with van der Waals surface area (Å²) in [5, 5.41) is 0. The molecule has 0 saturated carbocycles. The summed E-state index contributed by atoms with van der Waals surface area (Å²) in [6.45, 7) is 8.18. The van der Waals surface area contributed by atoms with Crippen LogP contribution in [0.5, 0.6) is 0 Å². The Labute approximate surface area is 99.8 Å². The summed E-state index contributed by atoms with van der Waals surface area (Å²) in [6, 6.07) is 0. The van der Waals surface area contributed by atoms with Gasteiger partial charge in [0, 0.05) is 12.3 Å². The van der Waals surface area contributed by atoms with Gasteiger partial charge in [-0.05, 0) is 18.8 Å². The minimum atomic E-state index is 0.106. The summed E-state index contributed by atoms with van der Waals surface area (Å²) >= 11 is 0. The van der Waals surface area contributed by atoms with Gasteiger partial charge in [0.15, 0.2) is 0 Å². The van der Waals surface area contributed by atoms with Crippen molar-refractivity contribution in [3.8, 4) is 0 Å². The van der Waals surface area contributed by atoms with Gasteiger partial charge in [-0.3, -0.25) is 9.59 Å². The molecule has 0 aromatic carbocycles. The largest absolute Gasteiger partial charge is 0.299 e. The predicted molar refractivity (Wildman–Crippen MR) is 67.4 cm³/mol. The van der Waals surface area contributed by atoms with Crippen LogP contribution in [0.1, 0.15) is 66.2 Å². The number of carbonyl (C=O) groups is 2. The third-order valence-electron chi connectivity index (χ3n) is 2.86. The molecule has 0 spiro atoms. The fraction of sp³-hybridized carbons (Fsp3) is 0.857. The van der Waals surface area contributed by atoms with Crippen molar-refractivity contribution in [1.29, 1.82) is 0 Å². The Hall–Kier alpha value is -0.660. The van der Waals surface area contributed by atoms with Gasteiger partial charge in [0.2, 0.25) is 0 Å². The average Bonchev–Trinajstić information content (AvgIpc) is 2.17. The normalized spacial score (nSPS) is 12.8. The Balaban J connectivity index is 4.05. The van der Waals surface area contributed by atoms with Crippen LogP contribution in [-0.4, -0.2) is 11.6 Å². The van der Waals surface area contributed by atoms with Gasteiger partial charge >= 0.3 is 0 Å². The van der Waals surface area contributed by atoms with Crippen molar-refractivity contribution in [2.45, 2.75) is 66.2 Å². The second-order valence-corrected chi connectivity index (χ2v) is 5.03. The molecule has 0 bridgehead atoms. The first-order valence-corrected chi connectivity index (χ1v) is 6.55. The van der Waals surface area contributed by atoms with E-state index in [0.717, 1.165) is 25.7 Å². The lowest BCUT2D eigenvalue weighted by Crippen LogP contribution is -2.18. The van der Waals surface area contributed by atoms with Crippen LogP contribution in [0.3, 0.4) is 0 Å². The quantitative estimate of drug-likeness (QED) is 0.561. The summed E-state index contributed by atoms with van der Waals surface area (Å²) < 4.78 is 0. The molecule has 0 radical (unpaired) electrons. The molecule has 1 unspecified atom stereocenters. The van der Waals surface area contributed by atoms with Gasteiger partial charge < -0.3 is 0 Å². The van der Waals surface area contributed by atoms with E-state index in [1.807, 2.05) is 20.8 Å². The van der Waals surface area contributed by atoms with E-state index in [9.17, 15) is 9.59 Å². The van der Waals surface area contributed by atoms with Gasteiger partial charge in [-0.2, -0.15) is 0 Å². The molecular weight excluding hydrogens is 200 g/mol. The van der Waals surface area contributed by atoms with Crippen molar-refractivity contribution in [2.75, 3.05) is 0 Å². The van der Waals surface area contributed by atoms with Gasteiger partial charge in [-0.1, -0.05) is 40.5 Å². The average molecular weight is 226 g/mol. The van der Waals surface area contributed by atoms with E-state index < -0.39 is 0 Å². The van der Waals surface area contributed by atoms with Gasteiger partial charge in [-0.25, -0.2) is 0 Å². The monoisotopic (exact) mass is 226 g/mol. The van der Waals surface area contributed by atoms with Crippen LogP contribution in [0.15, 0.2) is 0 Å². The zero-order valence-electron chi connectivity index (χ0n) is 11.2. The summed E-state index contributed by atoms with van der Waals surface area (Å²) in [4.78, 5) is 23.4. The van der Waals surface area contributed by atoms with E-state index in [-0.39, 0.29) is 23.9 Å². The fourth-order valence-corrected chi connectivity index (χ4v) is 1.91. The molecule has 0 aromatic heterocycles. The van der Waals surface area contributed by atoms with Crippen LogP contribution in [0.2, 0.25) is 0 Å². The SMILES string of the molecule is CCCCC(CC)C(=O)CC(=O)CC(C)C. The van der Waals surface area contributed by atoms with E-state index in [0.29, 0.717) is 12.3 Å². The van der Waals surface area contributed by atoms with Crippen LogP contribution in [0.4, 0.5) is 0 Å². The number of rotatable bonds is 9. The number of Topliss-reactive ketones (excluding diaryl/α,β-unsaturated/α-hetero) is 2. The third-order valence-corrected chi connectivity index (χ3v) is 2.86. The lowest BCUT2D eigenvalue weighted by molar-refractivity contribution is -0.129. The standard InChI is InChI=1S/C14H26O2/c1-5-7-8-12(6-2)14(16)10-13(15)9-11(3)4/h11-12H,5-10H2,1-4H3. The second kappa shape index (κ2) is 8.49. The molecule has 1 atom stereocenters. The maximum Gasteiger partial charge on any atom is 0.143 e. The third kappa shape index (κ3) is 6.76. The molecule has 0 rings (SSSR count). The molecule has 2 heteroatoms. The molecule has 0 saturated heterocycles. The molecule has 0 heterocycles. The molecule has 0 N–H and O–H groups in total. The molecule has 0 aliphatic carbocycles. The number of hydrogen-bond donors (Lipinski definition) is 0. The van der Waals surface area contributed by atoms with Crippen molar-refractivity contribution in [3.05, 3.63) is 0 Å². The van der Waals surface area contributed by atoms with Crippen molar-refractivity contribution in [1.82, 2.24) is 0 Å². The summed E-state index contributed by atoms with van der Waals surface area (Å²) in [5.41, 5.74) is 0. The maximum absolute atomic E-state index is 11.9. The van der Waals surface area contributed by atoms with E-state index in [1.54, 1.807) is 0 Å². The van der Waals surface area contributed by atoms with E-state index >= 15 is 0 Å². The van der Waals surface area contributed by atoms with Crippen molar-refractivity contribution in [2.24, 2.45) is 11.8 Å². The maximum atomic E-state index is 11.9. The van der Waals surface area contributed by atoms with Crippen LogP contribution < -0.4 is 0 Å². The number of unbranched alkanes of at least 4 members (excludes halogenated alkanes) is 1. The molecule has 94 valence electrons. The zero-order chi connectivity index (χ0) is 12.6. The molecule has 0 aliphatic heterocycles. The second-order valence-electron chi connectivity index (χ2n) is 5.03. The van der Waals surface area contributed by atoms with Crippen LogP contribution in [0.25, 0.3) is 0 Å². The van der Waals surface area contributed by atoms with Gasteiger partial charge in [0.25, 0.3) is 0 Å². The Morgan fingerprint density at radius 2 is 1.75 bits per heavy atom. The van der Waals surface area contributed by atoms with E-state index in [1.165, 1.54) is 0 Å². The topological polar surface area (TPSA) is 34.1 Å². The fourth-order valence-electron chi connectivity index (χ4n) is 1.91. The van der Waals surface area contributed by atoms with Crippen LogP contribution in [0, 0.1) is 11.8 Å². The summed E-state index contributed by atoms with van der Waals surface area (Å²) in [5.74, 6) is 0.726. The highest BCUT2D eigenvalue weighted by Crippen LogP contribution is 2.16. The highest BCUT2D eigenvalue weighted by Gasteiger charge is 2.19. The van der Waals surface area contributed by atoms with Crippen LogP contribution >= 0.6 is 0 Å². The van der Waals surface area contributed by atoms with Crippen LogP contribution in [-0.2, 0) is 9.59 Å². The molecule has 0 fully saturated rings. The lowest BCUT2D eigenvalue weighted by Gasteiger charge is -2.13. The zero-order valence-corrected chi connectivity index (χ0v) is 11.2. The minimum absolute atomic E-state index is 0.106. The molecule has 0 aromatic rings. The Morgan fingerprint density at radius 3 is 2.19 bits per heavy atom. The van der Waals surface area contributed by atoms with Gasteiger partial charge in [0.05, 0.1) is 6.42 Å². The minimum Gasteiger partial charge on any atom is -0.299 e. The first-order valence-electron chi connectivity index (χ1n) is 6.55. The Bertz CT molecular complexity index is 219.